The third kappa shape index (κ3) is 5.61. The second kappa shape index (κ2) is 12.0. The van der Waals surface area contributed by atoms with Crippen LogP contribution in [0.5, 0.6) is 0 Å². The van der Waals surface area contributed by atoms with E-state index < -0.39 is 0 Å². The Morgan fingerprint density at radius 2 is 1.80 bits per heavy atom. The van der Waals surface area contributed by atoms with E-state index in [1.807, 2.05) is 11.8 Å². The number of hydrogen-bond acceptors (Lipinski definition) is 4. The van der Waals surface area contributed by atoms with Gasteiger partial charge in [-0.2, -0.15) is 12.8 Å². The number of fused-ring (bicyclic) bond motifs is 4. The van der Waals surface area contributed by atoms with Crippen molar-refractivity contribution in [2.24, 2.45) is 0 Å². The Hall–Kier alpha value is -0.298. The van der Waals surface area contributed by atoms with Gasteiger partial charge in [0.2, 0.25) is 0 Å². The molecule has 1 saturated carbocycles. The molecule has 0 aromatic heterocycles. The zero-order chi connectivity index (χ0) is 23.7. The minimum Gasteiger partial charge on any atom is -0.476 e. The topological polar surface area (TPSA) is 53.1 Å². The van der Waals surface area contributed by atoms with Crippen molar-refractivity contribution in [1.29, 1.82) is 0 Å². The summed E-state index contributed by atoms with van der Waals surface area (Å²) in [6.45, 7) is 5.19. The molecule has 188 valence electrons. The molecular weight excluding hydrogens is 779 g/mol. The van der Waals surface area contributed by atoms with E-state index in [4.69, 9.17) is 4.74 Å². The summed E-state index contributed by atoms with van der Waals surface area (Å²) in [6, 6.07) is 7.63. The third-order valence-electron chi connectivity index (χ3n) is 8.67. The van der Waals surface area contributed by atoms with Crippen molar-refractivity contribution in [2.75, 3.05) is 31.1 Å². The fraction of sp³-hybridized carbons (Fsp3) is 0.667. The van der Waals surface area contributed by atoms with E-state index in [9.17, 15) is 9.59 Å². The first-order valence-electron chi connectivity index (χ1n) is 13.0. The van der Waals surface area contributed by atoms with Crippen molar-refractivity contribution in [1.82, 2.24) is 9.80 Å². The second-order valence-corrected chi connectivity index (χ2v) is 11.7. The first-order chi connectivity index (χ1) is 16.5. The van der Waals surface area contributed by atoms with Crippen LogP contribution in [0.3, 0.4) is 0 Å². The first-order valence-corrected chi connectivity index (χ1v) is 14.1. The van der Waals surface area contributed by atoms with Gasteiger partial charge in [-0.15, -0.1) is 18.2 Å². The summed E-state index contributed by atoms with van der Waals surface area (Å²) in [4.78, 5) is 30.4. The zero-order valence-corrected chi connectivity index (χ0v) is 27.0. The van der Waals surface area contributed by atoms with Crippen LogP contribution in [0, 0.1) is 41.1 Å². The number of carbonyl (C=O) groups is 1. The Morgan fingerprint density at radius 1 is 1.17 bits per heavy atom. The maximum absolute atomic E-state index is 12.4. The summed E-state index contributed by atoms with van der Waals surface area (Å²) >= 11 is 2.37. The van der Waals surface area contributed by atoms with Gasteiger partial charge in [-0.1, -0.05) is 17.7 Å². The number of anilines is 1. The average Bonchev–Trinajstić information content (AvgIpc) is 3.23. The van der Waals surface area contributed by atoms with Crippen LogP contribution >= 0.6 is 22.6 Å². The number of rotatable bonds is 3. The number of hydrogen-bond donors (Lipinski definition) is 0. The van der Waals surface area contributed by atoms with Gasteiger partial charge in [0, 0.05) is 21.7 Å². The molecule has 1 aromatic carbocycles. The SMILES string of the molecule is CCOC(=O)N1C2CCC1CC(N1CCC3(CC1)CN([C-]=O)c1ccc(I)cc13)C2.[CH-]1CCC1.[U+2]. The van der Waals surface area contributed by atoms with Crippen LogP contribution in [-0.2, 0) is 14.9 Å². The number of carbonyl (C=O) groups excluding carboxylic acids is 2. The van der Waals surface area contributed by atoms with Crippen LogP contribution in [-0.4, -0.2) is 66.7 Å². The maximum atomic E-state index is 12.4. The number of piperidine rings is 2. The number of benzene rings is 1. The van der Waals surface area contributed by atoms with Gasteiger partial charge < -0.3 is 30.7 Å². The molecule has 2 amide bonds. The summed E-state index contributed by atoms with van der Waals surface area (Å²) in [7, 11) is 0. The number of amides is 2. The van der Waals surface area contributed by atoms with Crippen LogP contribution in [0.4, 0.5) is 10.5 Å². The van der Waals surface area contributed by atoms with E-state index in [1.54, 1.807) is 4.90 Å². The molecule has 1 spiro atoms. The quantitative estimate of drug-likeness (QED) is 0.318. The third-order valence-corrected chi connectivity index (χ3v) is 9.34. The molecule has 2 unspecified atom stereocenters. The summed E-state index contributed by atoms with van der Waals surface area (Å²) in [5.41, 5.74) is 2.43. The monoisotopic (exact) mass is 815 g/mol. The van der Waals surface area contributed by atoms with Gasteiger partial charge in [0.25, 0.3) is 0 Å². The van der Waals surface area contributed by atoms with Gasteiger partial charge in [0.1, 0.15) is 0 Å². The molecule has 5 aliphatic rings. The van der Waals surface area contributed by atoms with E-state index in [0.717, 1.165) is 63.8 Å². The average molecular weight is 816 g/mol. The molecule has 4 heterocycles. The molecule has 4 aliphatic heterocycles. The fourth-order valence-electron chi connectivity index (χ4n) is 6.61. The van der Waals surface area contributed by atoms with Crippen LogP contribution < -0.4 is 4.90 Å². The van der Waals surface area contributed by atoms with Gasteiger partial charge in [0.15, 0.2) is 0 Å². The van der Waals surface area contributed by atoms with Crippen molar-refractivity contribution < 1.29 is 45.4 Å². The second-order valence-electron chi connectivity index (χ2n) is 10.5. The number of likely N-dealkylation sites (tertiary alicyclic amines) is 1. The standard InChI is InChI=1S/C23H29IN3O3.C4H7.U/c1-2-30-22(29)27-17-4-5-18(27)13-19(12-17)25-9-7-23(8-10-25)14-26(15-28)21-6-3-16(24)11-20(21)23;1-2-4-3-1;/h3,6,11,17-19H,2,4-5,7-10,12-14H2,1H3;1H,2-4H2;/q2*-1;+2. The fourth-order valence-corrected chi connectivity index (χ4v) is 7.11. The molecular formula is C27H36IN3O3U. The Kier molecular flexibility index (Phi) is 9.54. The van der Waals surface area contributed by atoms with Crippen molar-refractivity contribution >= 4 is 40.8 Å². The molecule has 6 nitrogen and oxygen atoms in total. The van der Waals surface area contributed by atoms with Crippen molar-refractivity contribution in [2.45, 2.75) is 88.3 Å². The van der Waals surface area contributed by atoms with E-state index in [1.165, 1.54) is 28.4 Å². The van der Waals surface area contributed by atoms with Crippen LogP contribution in [0.1, 0.15) is 70.3 Å². The summed E-state index contributed by atoms with van der Waals surface area (Å²) < 4.78 is 6.53. The van der Waals surface area contributed by atoms with E-state index >= 15 is 0 Å². The van der Waals surface area contributed by atoms with E-state index in [-0.39, 0.29) is 42.6 Å². The van der Waals surface area contributed by atoms with Crippen LogP contribution in [0.25, 0.3) is 0 Å². The molecule has 2 atom stereocenters. The Morgan fingerprint density at radius 3 is 2.34 bits per heavy atom. The molecule has 3 saturated heterocycles. The first kappa shape index (κ1) is 27.7. The van der Waals surface area contributed by atoms with Crippen molar-refractivity contribution in [3.05, 3.63) is 33.8 Å². The maximum Gasteiger partial charge on any atom is 2.00 e. The molecule has 2 bridgehead atoms. The molecule has 0 radical (unpaired) electrons. The Labute approximate surface area is 247 Å². The van der Waals surface area contributed by atoms with Crippen molar-refractivity contribution in [3.8, 4) is 0 Å². The number of ether oxygens (including phenoxy) is 1. The summed E-state index contributed by atoms with van der Waals surface area (Å²) in [5.74, 6) is 0. The predicted octanol–water partition coefficient (Wildman–Crippen LogP) is 5.04. The minimum absolute atomic E-state index is 0. The Bertz CT molecular complexity index is 886. The smallest absolute Gasteiger partial charge is 0.476 e. The van der Waals surface area contributed by atoms with Crippen LogP contribution in [0.2, 0.25) is 0 Å². The molecule has 35 heavy (non-hydrogen) atoms. The molecule has 1 aliphatic carbocycles. The molecule has 4 fully saturated rings. The summed E-state index contributed by atoms with van der Waals surface area (Å²) in [5, 5.41) is 0. The zero-order valence-electron chi connectivity index (χ0n) is 20.7. The molecule has 0 N–H and O–H groups in total. The number of halogens is 1. The van der Waals surface area contributed by atoms with E-state index in [2.05, 4.69) is 58.5 Å². The summed E-state index contributed by atoms with van der Waals surface area (Å²) in [6.07, 6.45) is 15.0. The normalized spacial score (nSPS) is 28.3. The van der Waals surface area contributed by atoms with Crippen molar-refractivity contribution in [3.63, 3.8) is 0 Å². The molecule has 8 heteroatoms. The number of nitrogens with zero attached hydrogens (tertiary/aromatic N) is 3. The van der Waals surface area contributed by atoms with Crippen LogP contribution in [0.15, 0.2) is 18.2 Å². The van der Waals surface area contributed by atoms with Gasteiger partial charge >= 0.3 is 37.2 Å². The van der Waals surface area contributed by atoms with Gasteiger partial charge in [-0.3, -0.25) is 0 Å². The Balaban J connectivity index is 0.000000527. The van der Waals surface area contributed by atoms with Gasteiger partial charge in [0.05, 0.1) is 13.0 Å². The van der Waals surface area contributed by atoms with E-state index in [0.29, 0.717) is 24.7 Å². The van der Waals surface area contributed by atoms with Gasteiger partial charge in [-0.25, -0.2) is 4.79 Å². The van der Waals surface area contributed by atoms with Gasteiger partial charge in [-0.05, 0) is 93.1 Å². The predicted molar refractivity (Wildman–Crippen MR) is 142 cm³/mol. The molecule has 6 rings (SSSR count). The molecule has 1 aromatic rings. The minimum atomic E-state index is -0.122. The largest absolute Gasteiger partial charge is 2.00 e.